The largest absolute Gasteiger partial charge is 0.270 e. The van der Waals surface area contributed by atoms with Crippen molar-refractivity contribution in [1.29, 1.82) is 0 Å². The molecule has 6 heteroatoms. The minimum atomic E-state index is -0.307. The van der Waals surface area contributed by atoms with Gasteiger partial charge in [0.1, 0.15) is 0 Å². The third kappa shape index (κ3) is 2.81. The molecule has 4 aromatic rings. The van der Waals surface area contributed by atoms with Gasteiger partial charge in [-0.15, -0.1) is 0 Å². The van der Waals surface area contributed by atoms with Crippen LogP contribution in [-0.2, 0) is 13.1 Å². The first kappa shape index (κ1) is 17.3. The van der Waals surface area contributed by atoms with Crippen molar-refractivity contribution in [3.8, 4) is 0 Å². The molecule has 2 aromatic carbocycles. The quantitative estimate of drug-likeness (QED) is 0.506. The van der Waals surface area contributed by atoms with E-state index in [-0.39, 0.29) is 18.4 Å². The van der Waals surface area contributed by atoms with Gasteiger partial charge in [0, 0.05) is 6.20 Å². The predicted octanol–water partition coefficient (Wildman–Crippen LogP) is 3.58. The highest BCUT2D eigenvalue weighted by atomic mass is 16.2. The number of nitrogens with zero attached hydrogens (tertiary/aromatic N) is 4. The Balaban J connectivity index is 1.57. The van der Waals surface area contributed by atoms with Crippen molar-refractivity contribution in [3.05, 3.63) is 94.8 Å². The van der Waals surface area contributed by atoms with E-state index in [0.29, 0.717) is 34.4 Å². The summed E-state index contributed by atoms with van der Waals surface area (Å²) < 4.78 is 1.79. The van der Waals surface area contributed by atoms with Gasteiger partial charge in [-0.2, -0.15) is 5.10 Å². The molecule has 1 aliphatic heterocycles. The van der Waals surface area contributed by atoms with Crippen LogP contribution >= 0.6 is 0 Å². The number of hydrogen-bond donors (Lipinski definition) is 0. The summed E-state index contributed by atoms with van der Waals surface area (Å²) >= 11 is 0. The lowest BCUT2D eigenvalue weighted by atomic mass is 10.1. The Hall–Kier alpha value is -3.80. The Morgan fingerprint density at radius 2 is 1.45 bits per heavy atom. The van der Waals surface area contributed by atoms with Crippen molar-refractivity contribution < 1.29 is 9.59 Å². The fourth-order valence-electron chi connectivity index (χ4n) is 3.85. The fraction of sp³-hybridized carbons (Fsp3) is 0.130. The topological polar surface area (TPSA) is 68.1 Å². The van der Waals surface area contributed by atoms with Crippen molar-refractivity contribution in [1.82, 2.24) is 19.7 Å². The number of aryl methyl sites for hydroxylation is 1. The van der Waals surface area contributed by atoms with Crippen LogP contribution in [-0.4, -0.2) is 31.5 Å². The summed E-state index contributed by atoms with van der Waals surface area (Å²) in [5.41, 5.74) is 4.07. The van der Waals surface area contributed by atoms with Gasteiger partial charge in [0.2, 0.25) is 0 Å². The lowest BCUT2D eigenvalue weighted by molar-refractivity contribution is 0.0643. The first-order valence-corrected chi connectivity index (χ1v) is 9.43. The van der Waals surface area contributed by atoms with E-state index in [9.17, 15) is 9.59 Å². The van der Waals surface area contributed by atoms with Crippen LogP contribution < -0.4 is 0 Å². The molecule has 2 aromatic heterocycles. The van der Waals surface area contributed by atoms with E-state index in [4.69, 9.17) is 0 Å². The number of amides is 2. The molecule has 29 heavy (non-hydrogen) atoms. The molecule has 0 unspecified atom stereocenters. The Morgan fingerprint density at radius 1 is 0.828 bits per heavy atom. The van der Waals surface area contributed by atoms with Gasteiger partial charge in [-0.25, -0.2) is 9.67 Å². The van der Waals surface area contributed by atoms with Gasteiger partial charge in [-0.1, -0.05) is 60.7 Å². The monoisotopic (exact) mass is 382 g/mol. The van der Waals surface area contributed by atoms with E-state index in [2.05, 4.69) is 10.1 Å². The summed E-state index contributed by atoms with van der Waals surface area (Å²) in [7, 11) is 0. The first-order valence-electron chi connectivity index (χ1n) is 9.43. The summed E-state index contributed by atoms with van der Waals surface area (Å²) in [6.07, 6.45) is 1.51. The maximum absolute atomic E-state index is 13.2. The summed E-state index contributed by atoms with van der Waals surface area (Å²) in [6.45, 7) is 2.64. The van der Waals surface area contributed by atoms with Crippen LogP contribution in [0.25, 0.3) is 11.0 Å². The summed E-state index contributed by atoms with van der Waals surface area (Å²) in [4.78, 5) is 31.9. The van der Waals surface area contributed by atoms with Crippen molar-refractivity contribution in [3.63, 3.8) is 0 Å². The van der Waals surface area contributed by atoms with Crippen LogP contribution in [0.5, 0.6) is 0 Å². The lowest BCUT2D eigenvalue weighted by Crippen LogP contribution is -2.29. The lowest BCUT2D eigenvalue weighted by Gasteiger charge is -2.13. The molecule has 5 rings (SSSR count). The zero-order valence-corrected chi connectivity index (χ0v) is 15.9. The Bertz CT molecular complexity index is 1250. The van der Waals surface area contributed by atoms with E-state index in [1.807, 2.05) is 67.6 Å². The minimum absolute atomic E-state index is 0.242. The highest BCUT2D eigenvalue weighted by molar-refractivity contribution is 6.26. The number of rotatable bonds is 4. The molecular weight excluding hydrogens is 364 g/mol. The fourth-order valence-corrected chi connectivity index (χ4v) is 3.85. The average molecular weight is 382 g/mol. The third-order valence-corrected chi connectivity index (χ3v) is 5.23. The number of pyridine rings is 1. The van der Waals surface area contributed by atoms with Gasteiger partial charge >= 0.3 is 0 Å². The molecule has 0 spiro atoms. The normalized spacial score (nSPS) is 13.3. The minimum Gasteiger partial charge on any atom is -0.270 e. The van der Waals surface area contributed by atoms with Gasteiger partial charge < -0.3 is 0 Å². The first-order chi connectivity index (χ1) is 14.1. The third-order valence-electron chi connectivity index (χ3n) is 5.23. The van der Waals surface area contributed by atoms with Gasteiger partial charge in [0.05, 0.1) is 35.3 Å². The van der Waals surface area contributed by atoms with Crippen molar-refractivity contribution in [2.45, 2.75) is 20.0 Å². The molecule has 142 valence electrons. The number of carbonyl (C=O) groups excluding carboxylic acids is 2. The van der Waals surface area contributed by atoms with E-state index < -0.39 is 0 Å². The van der Waals surface area contributed by atoms with E-state index >= 15 is 0 Å². The second kappa shape index (κ2) is 6.67. The smallest absolute Gasteiger partial charge is 0.263 e. The number of imide groups is 1. The molecular formula is C23H18N4O2. The number of hydrogen-bond acceptors (Lipinski definition) is 4. The standard InChI is InChI=1S/C23H18N4O2/c1-15-19-20-18(22(28)26(23(20)29)13-16-8-4-2-5-9-16)12-24-21(19)27(25-15)14-17-10-6-3-7-11-17/h2-12H,13-14H2,1H3. The van der Waals surface area contributed by atoms with Crippen LogP contribution in [0.15, 0.2) is 66.9 Å². The number of fused-ring (bicyclic) bond motifs is 3. The van der Waals surface area contributed by atoms with E-state index in [1.54, 1.807) is 4.68 Å². The molecule has 0 atom stereocenters. The molecule has 3 heterocycles. The number of aromatic nitrogens is 3. The van der Waals surface area contributed by atoms with Gasteiger partial charge in [-0.05, 0) is 18.1 Å². The molecule has 0 saturated heterocycles. The Kier molecular flexibility index (Phi) is 3.98. The molecule has 0 fully saturated rings. The van der Waals surface area contributed by atoms with Crippen molar-refractivity contribution in [2.75, 3.05) is 0 Å². The maximum atomic E-state index is 13.2. The predicted molar refractivity (Wildman–Crippen MR) is 108 cm³/mol. The average Bonchev–Trinajstić information content (AvgIpc) is 3.18. The summed E-state index contributed by atoms with van der Waals surface area (Å²) in [5.74, 6) is -0.595. The molecule has 6 nitrogen and oxygen atoms in total. The second-order valence-electron chi connectivity index (χ2n) is 7.16. The molecule has 0 radical (unpaired) electrons. The zero-order valence-electron chi connectivity index (χ0n) is 15.9. The van der Waals surface area contributed by atoms with Crippen LogP contribution in [0.1, 0.15) is 37.5 Å². The molecule has 2 amide bonds. The van der Waals surface area contributed by atoms with Crippen LogP contribution in [0, 0.1) is 6.92 Å². The van der Waals surface area contributed by atoms with Crippen molar-refractivity contribution >= 4 is 22.8 Å². The zero-order chi connectivity index (χ0) is 20.0. The van der Waals surface area contributed by atoms with Crippen LogP contribution in [0.2, 0.25) is 0 Å². The molecule has 1 aliphatic rings. The summed E-state index contributed by atoms with van der Waals surface area (Å²) in [5, 5.41) is 5.26. The van der Waals surface area contributed by atoms with Crippen molar-refractivity contribution in [2.24, 2.45) is 0 Å². The molecule has 0 N–H and O–H groups in total. The van der Waals surface area contributed by atoms with E-state index in [0.717, 1.165) is 11.1 Å². The van der Waals surface area contributed by atoms with Crippen LogP contribution in [0.3, 0.4) is 0 Å². The maximum Gasteiger partial charge on any atom is 0.263 e. The highest BCUT2D eigenvalue weighted by Gasteiger charge is 2.38. The summed E-state index contributed by atoms with van der Waals surface area (Å²) in [6, 6.07) is 19.5. The van der Waals surface area contributed by atoms with Gasteiger partial charge in [-0.3, -0.25) is 14.5 Å². The van der Waals surface area contributed by atoms with E-state index in [1.165, 1.54) is 11.1 Å². The molecule has 0 bridgehead atoms. The molecule has 0 saturated carbocycles. The Morgan fingerprint density at radius 3 is 2.10 bits per heavy atom. The number of benzene rings is 2. The highest BCUT2D eigenvalue weighted by Crippen LogP contribution is 2.32. The molecule has 0 aliphatic carbocycles. The van der Waals surface area contributed by atoms with Crippen LogP contribution in [0.4, 0.5) is 0 Å². The SMILES string of the molecule is Cc1nn(Cc2ccccc2)c2ncc3c(c12)C(=O)N(Cc1ccccc1)C3=O. The second-order valence-corrected chi connectivity index (χ2v) is 7.16. The van der Waals surface area contributed by atoms with Gasteiger partial charge in [0.25, 0.3) is 11.8 Å². The van der Waals surface area contributed by atoms with Gasteiger partial charge in [0.15, 0.2) is 5.65 Å². The number of carbonyl (C=O) groups is 2. The Labute approximate surface area is 167 Å².